The average Bonchev–Trinajstić information content (AvgIpc) is 3.70. The molecule has 2 spiro atoms. The number of ether oxygens (including phenoxy) is 3. The van der Waals surface area contributed by atoms with Crippen LogP contribution < -0.4 is 0 Å². The topological polar surface area (TPSA) is 109 Å². The third-order valence-electron chi connectivity index (χ3n) is 17.7. The lowest BCUT2D eigenvalue weighted by atomic mass is 9.41. The summed E-state index contributed by atoms with van der Waals surface area (Å²) in [7, 11) is 0. The molecule has 1 amide bonds. The van der Waals surface area contributed by atoms with E-state index in [1.54, 1.807) is 13.8 Å². The Labute approximate surface area is 301 Å². The minimum Gasteiger partial charge on any atom is -0.390 e. The lowest BCUT2D eigenvalue weighted by molar-refractivity contribution is -0.248. The maximum atomic E-state index is 13.3. The molecule has 5 unspecified atom stereocenters. The van der Waals surface area contributed by atoms with Crippen LogP contribution in [0.5, 0.6) is 0 Å². The fourth-order valence-electron chi connectivity index (χ4n) is 15.1. The number of aliphatic hydroxyl groups excluding tert-OH is 2. The first-order valence-corrected chi connectivity index (χ1v) is 20.8. The fourth-order valence-corrected chi connectivity index (χ4v) is 15.1. The van der Waals surface area contributed by atoms with E-state index < -0.39 is 23.9 Å². The fraction of sp³-hybridized carbons (Fsp3) is 0.976. The lowest BCUT2D eigenvalue weighted by Crippen LogP contribution is -2.60. The first kappa shape index (κ1) is 36.2. The number of aliphatic hydroxyl groups is 3. The Morgan fingerprint density at radius 2 is 1.68 bits per heavy atom. The molecule has 0 bridgehead atoms. The first-order valence-electron chi connectivity index (χ1n) is 20.8. The van der Waals surface area contributed by atoms with Gasteiger partial charge in [-0.1, -0.05) is 53.9 Å². The van der Waals surface area contributed by atoms with Gasteiger partial charge in [-0.25, -0.2) is 0 Å². The summed E-state index contributed by atoms with van der Waals surface area (Å²) >= 11 is 0. The number of nitrogens with zero attached hydrogens (tertiary/aromatic N) is 1. The highest BCUT2D eigenvalue weighted by Gasteiger charge is 2.84. The molecule has 284 valence electrons. The van der Waals surface area contributed by atoms with Crippen molar-refractivity contribution in [3.63, 3.8) is 0 Å². The van der Waals surface area contributed by atoms with Gasteiger partial charge in [0, 0.05) is 18.4 Å². The summed E-state index contributed by atoms with van der Waals surface area (Å²) < 4.78 is 19.8. The molecule has 0 aromatic rings. The quantitative estimate of drug-likeness (QED) is 0.292. The molecule has 8 aliphatic rings. The number of carbonyl (C=O) groups is 1. The van der Waals surface area contributed by atoms with E-state index in [1.165, 1.54) is 51.4 Å². The molecule has 0 aromatic heterocycles. The summed E-state index contributed by atoms with van der Waals surface area (Å²) in [6.07, 6.45) is 13.0. The Balaban J connectivity index is 0.974. The van der Waals surface area contributed by atoms with Crippen molar-refractivity contribution in [1.29, 1.82) is 0 Å². The van der Waals surface area contributed by atoms with Crippen LogP contribution in [0, 0.1) is 56.7 Å². The SMILES string of the molecule is C[C@@H]1C[C@H](C(O)C(C)(C)O)O[C@H]2C1[C@@]1(C)CC[C@@]34CC35CCC(OC3CN(C(=O)CC6CCCCC6)CCO3)C(C)(C)[C@@H]5CC[C@H]4[C@]1(C)[C@H]2O. The Kier molecular flexibility index (Phi) is 8.78. The number of morpholine rings is 1. The van der Waals surface area contributed by atoms with Crippen molar-refractivity contribution in [3.8, 4) is 0 Å². The summed E-state index contributed by atoms with van der Waals surface area (Å²) in [6, 6.07) is 0. The molecule has 8 rings (SSSR count). The van der Waals surface area contributed by atoms with Gasteiger partial charge < -0.3 is 34.4 Å². The molecule has 3 N–H and O–H groups in total. The van der Waals surface area contributed by atoms with E-state index in [0.29, 0.717) is 61.6 Å². The predicted molar refractivity (Wildman–Crippen MR) is 191 cm³/mol. The average molecular weight is 700 g/mol. The minimum absolute atomic E-state index is 0.00746. The first-order chi connectivity index (χ1) is 23.5. The Bertz CT molecular complexity index is 1310. The van der Waals surface area contributed by atoms with Crippen LogP contribution in [0.3, 0.4) is 0 Å². The predicted octanol–water partition coefficient (Wildman–Crippen LogP) is 6.47. The smallest absolute Gasteiger partial charge is 0.223 e. The molecule has 8 fully saturated rings. The van der Waals surface area contributed by atoms with E-state index in [4.69, 9.17) is 14.2 Å². The van der Waals surface area contributed by atoms with E-state index >= 15 is 0 Å². The van der Waals surface area contributed by atoms with Crippen LogP contribution in [0.15, 0.2) is 0 Å². The van der Waals surface area contributed by atoms with Crippen molar-refractivity contribution >= 4 is 5.91 Å². The Morgan fingerprint density at radius 1 is 0.980 bits per heavy atom. The van der Waals surface area contributed by atoms with Crippen LogP contribution >= 0.6 is 0 Å². The van der Waals surface area contributed by atoms with Crippen molar-refractivity contribution in [3.05, 3.63) is 0 Å². The number of fused-ring (bicyclic) bond motifs is 4. The molecule has 2 saturated heterocycles. The van der Waals surface area contributed by atoms with Gasteiger partial charge in [-0.15, -0.1) is 0 Å². The second-order valence-corrected chi connectivity index (χ2v) is 20.6. The minimum atomic E-state index is -1.26. The number of carbonyl (C=O) groups excluding carboxylic acids is 1. The summed E-state index contributed by atoms with van der Waals surface area (Å²) in [5.74, 6) is 2.36. The zero-order valence-corrected chi connectivity index (χ0v) is 32.3. The number of hydrogen-bond donors (Lipinski definition) is 3. The van der Waals surface area contributed by atoms with Crippen molar-refractivity contribution in [1.82, 2.24) is 4.90 Å². The maximum Gasteiger partial charge on any atom is 0.223 e. The normalized spacial score (nSPS) is 50.7. The molecule has 6 saturated carbocycles. The van der Waals surface area contributed by atoms with Crippen LogP contribution in [0.25, 0.3) is 0 Å². The molecule has 8 nitrogen and oxygen atoms in total. The van der Waals surface area contributed by atoms with Gasteiger partial charge >= 0.3 is 0 Å². The van der Waals surface area contributed by atoms with E-state index in [9.17, 15) is 20.1 Å². The third-order valence-corrected chi connectivity index (χ3v) is 17.7. The van der Waals surface area contributed by atoms with Gasteiger partial charge in [-0.3, -0.25) is 4.79 Å². The van der Waals surface area contributed by atoms with Gasteiger partial charge in [-0.05, 0) is 129 Å². The van der Waals surface area contributed by atoms with Crippen molar-refractivity contribution in [2.45, 2.75) is 181 Å². The van der Waals surface area contributed by atoms with E-state index in [1.807, 2.05) is 4.90 Å². The molecule has 6 aliphatic carbocycles. The van der Waals surface area contributed by atoms with Crippen molar-refractivity contribution < 1.29 is 34.3 Å². The van der Waals surface area contributed by atoms with Gasteiger partial charge in [0.25, 0.3) is 0 Å². The summed E-state index contributed by atoms with van der Waals surface area (Å²) in [5.41, 5.74) is -1.03. The number of amides is 1. The highest BCUT2D eigenvalue weighted by Crippen LogP contribution is 2.89. The van der Waals surface area contributed by atoms with Crippen LogP contribution in [-0.2, 0) is 19.0 Å². The van der Waals surface area contributed by atoms with Gasteiger partial charge in [0.15, 0.2) is 6.29 Å². The highest BCUT2D eigenvalue weighted by molar-refractivity contribution is 5.76. The maximum absolute atomic E-state index is 13.3. The van der Waals surface area contributed by atoms with Crippen molar-refractivity contribution in [2.24, 2.45) is 56.7 Å². The zero-order chi connectivity index (χ0) is 35.6. The monoisotopic (exact) mass is 700 g/mol. The molecule has 0 radical (unpaired) electrons. The Hall–Kier alpha value is -0.770. The molecule has 50 heavy (non-hydrogen) atoms. The second-order valence-electron chi connectivity index (χ2n) is 20.6. The Morgan fingerprint density at radius 3 is 2.40 bits per heavy atom. The zero-order valence-electron chi connectivity index (χ0n) is 32.3. The van der Waals surface area contributed by atoms with Crippen LogP contribution in [0.4, 0.5) is 0 Å². The standard InChI is InChI=1S/C42H69NO7/c1-25-21-27(35(45)38(4,5)47)49-34-33(25)39(6)17-18-42-24-41(42)16-15-30(37(2,3)28(41)13-14-29(42)40(39,7)36(34)46)50-32-23-43(19-20-48-32)31(44)22-26-11-9-8-10-12-26/h25-30,32-36,45-47H,8-24H2,1-7H3/t25-,27-,28+,29+,30?,32?,33?,34+,35?,36+,39-,40-,41?,42+/m1/s1. The van der Waals surface area contributed by atoms with Gasteiger partial charge in [0.1, 0.15) is 6.10 Å². The summed E-state index contributed by atoms with van der Waals surface area (Å²) in [6.45, 7) is 17.1. The number of rotatable bonds is 6. The molecule has 2 heterocycles. The van der Waals surface area contributed by atoms with E-state index in [-0.39, 0.29) is 52.0 Å². The highest BCUT2D eigenvalue weighted by atomic mass is 16.7. The molecule has 2 aliphatic heterocycles. The van der Waals surface area contributed by atoms with Crippen LogP contribution in [0.2, 0.25) is 0 Å². The van der Waals surface area contributed by atoms with Crippen LogP contribution in [0.1, 0.15) is 138 Å². The summed E-state index contributed by atoms with van der Waals surface area (Å²) in [4.78, 5) is 15.3. The van der Waals surface area contributed by atoms with E-state index in [2.05, 4.69) is 34.6 Å². The largest absolute Gasteiger partial charge is 0.390 e. The third kappa shape index (κ3) is 5.06. The van der Waals surface area contributed by atoms with Gasteiger partial charge in [-0.2, -0.15) is 0 Å². The molecule has 0 aromatic carbocycles. The molecule has 8 heteroatoms. The van der Waals surface area contributed by atoms with Crippen LogP contribution in [-0.4, -0.2) is 88.2 Å². The molecule has 14 atom stereocenters. The lowest BCUT2D eigenvalue weighted by Gasteiger charge is -2.64. The number of hydrogen-bond acceptors (Lipinski definition) is 7. The van der Waals surface area contributed by atoms with Gasteiger partial charge in [0.2, 0.25) is 5.91 Å². The van der Waals surface area contributed by atoms with Gasteiger partial charge in [0.05, 0.1) is 43.2 Å². The summed E-state index contributed by atoms with van der Waals surface area (Å²) in [5, 5.41) is 34.2. The molecular weight excluding hydrogens is 630 g/mol. The van der Waals surface area contributed by atoms with Crippen molar-refractivity contribution in [2.75, 3.05) is 19.7 Å². The second kappa shape index (κ2) is 12.1. The molecular formula is C42H69NO7. The van der Waals surface area contributed by atoms with E-state index in [0.717, 1.165) is 25.7 Å².